The van der Waals surface area contributed by atoms with Gasteiger partial charge in [0.05, 0.1) is 5.56 Å². The van der Waals surface area contributed by atoms with Crippen LogP contribution in [0.5, 0.6) is 0 Å². The molecule has 0 fully saturated rings. The predicted octanol–water partition coefficient (Wildman–Crippen LogP) is 2.08. The molecule has 1 atom stereocenters. The highest BCUT2D eigenvalue weighted by atomic mass is 16.2. The first-order valence-corrected chi connectivity index (χ1v) is 7.88. The quantitative estimate of drug-likeness (QED) is 0.908. The third kappa shape index (κ3) is 3.51. The molecular weight excluding hydrogens is 288 g/mol. The van der Waals surface area contributed by atoms with Crippen LogP contribution in [0, 0.1) is 0 Å². The summed E-state index contributed by atoms with van der Waals surface area (Å²) in [5.41, 5.74) is 3.37. The van der Waals surface area contributed by atoms with Crippen molar-refractivity contribution in [3.8, 4) is 0 Å². The molecule has 2 N–H and O–H groups in total. The Kier molecular flexibility index (Phi) is 4.57. The van der Waals surface area contributed by atoms with Gasteiger partial charge in [-0.2, -0.15) is 0 Å². The van der Waals surface area contributed by atoms with Crippen molar-refractivity contribution in [2.75, 3.05) is 32.5 Å². The molecule has 1 amide bonds. The maximum absolute atomic E-state index is 11.9. The second kappa shape index (κ2) is 6.79. The van der Waals surface area contributed by atoms with Gasteiger partial charge >= 0.3 is 0 Å². The molecule has 0 saturated carbocycles. The Labute approximate surface area is 136 Å². The van der Waals surface area contributed by atoms with Crippen molar-refractivity contribution in [2.45, 2.75) is 12.5 Å². The number of anilines is 1. The number of carbonyl (C=O) groups is 1. The van der Waals surface area contributed by atoms with Crippen LogP contribution in [0.1, 0.15) is 27.5 Å². The molecule has 2 aromatic rings. The molecule has 5 heteroatoms. The van der Waals surface area contributed by atoms with E-state index in [2.05, 4.69) is 39.9 Å². The molecule has 1 aliphatic heterocycles. The van der Waals surface area contributed by atoms with Crippen molar-refractivity contribution >= 4 is 11.7 Å². The Balaban J connectivity index is 1.64. The van der Waals surface area contributed by atoms with E-state index in [9.17, 15) is 4.79 Å². The minimum Gasteiger partial charge on any atom is -0.368 e. The topological polar surface area (TPSA) is 57.3 Å². The number of fused-ring (bicyclic) bond motifs is 1. The fourth-order valence-electron chi connectivity index (χ4n) is 2.86. The third-order valence-corrected chi connectivity index (χ3v) is 4.12. The predicted molar refractivity (Wildman–Crippen MR) is 91.6 cm³/mol. The van der Waals surface area contributed by atoms with Gasteiger partial charge in [-0.1, -0.05) is 24.3 Å². The van der Waals surface area contributed by atoms with Gasteiger partial charge in [-0.15, -0.1) is 0 Å². The molecule has 120 valence electrons. The maximum Gasteiger partial charge on any atom is 0.254 e. The summed E-state index contributed by atoms with van der Waals surface area (Å²) in [6.45, 7) is 1.76. The molecule has 0 radical (unpaired) electrons. The number of nitrogens with one attached hydrogen (secondary N) is 2. The summed E-state index contributed by atoms with van der Waals surface area (Å²) < 4.78 is 0. The monoisotopic (exact) mass is 310 g/mol. The van der Waals surface area contributed by atoms with E-state index in [0.717, 1.165) is 25.3 Å². The van der Waals surface area contributed by atoms with Crippen molar-refractivity contribution in [3.63, 3.8) is 0 Å². The molecule has 1 unspecified atom stereocenters. The number of aromatic nitrogens is 1. The van der Waals surface area contributed by atoms with Crippen molar-refractivity contribution in [3.05, 3.63) is 59.3 Å². The zero-order valence-corrected chi connectivity index (χ0v) is 13.5. The molecular formula is C18H22N4O. The van der Waals surface area contributed by atoms with Gasteiger partial charge in [0.15, 0.2) is 0 Å². The highest BCUT2D eigenvalue weighted by Gasteiger charge is 2.18. The summed E-state index contributed by atoms with van der Waals surface area (Å²) in [7, 11) is 3.47. The lowest BCUT2D eigenvalue weighted by molar-refractivity contribution is 0.0827. The molecule has 0 aliphatic carbocycles. The van der Waals surface area contributed by atoms with E-state index < -0.39 is 0 Å². The van der Waals surface area contributed by atoms with Gasteiger partial charge in [-0.05, 0) is 36.2 Å². The number of pyridine rings is 1. The Hall–Kier alpha value is -2.40. The van der Waals surface area contributed by atoms with E-state index in [0.29, 0.717) is 5.56 Å². The van der Waals surface area contributed by atoms with Crippen LogP contribution in [0.25, 0.3) is 0 Å². The Morgan fingerprint density at radius 2 is 2.13 bits per heavy atom. The maximum atomic E-state index is 11.9. The number of hydrogen-bond acceptors (Lipinski definition) is 4. The lowest BCUT2D eigenvalue weighted by Crippen LogP contribution is -2.34. The lowest BCUT2D eigenvalue weighted by Gasteiger charge is -2.27. The summed E-state index contributed by atoms with van der Waals surface area (Å²) in [4.78, 5) is 17.7. The molecule has 1 aromatic heterocycles. The number of hydrogen-bond donors (Lipinski definition) is 2. The fraction of sp³-hybridized carbons (Fsp3) is 0.333. The smallest absolute Gasteiger partial charge is 0.254 e. The summed E-state index contributed by atoms with van der Waals surface area (Å²) in [6, 6.07) is 12.5. The van der Waals surface area contributed by atoms with E-state index in [-0.39, 0.29) is 11.9 Å². The molecule has 0 saturated heterocycles. The van der Waals surface area contributed by atoms with E-state index in [1.165, 1.54) is 11.1 Å². The van der Waals surface area contributed by atoms with Gasteiger partial charge in [-0.25, -0.2) is 4.98 Å². The first-order chi connectivity index (χ1) is 11.1. The van der Waals surface area contributed by atoms with Crippen molar-refractivity contribution < 1.29 is 4.79 Å². The SMILES string of the molecule is CN(C)C(=O)c1ccc(NCC2NCCc3ccccc32)nc1. The van der Waals surface area contributed by atoms with Crippen LogP contribution >= 0.6 is 0 Å². The molecule has 2 heterocycles. The van der Waals surface area contributed by atoms with E-state index in [4.69, 9.17) is 0 Å². The zero-order valence-electron chi connectivity index (χ0n) is 13.5. The average Bonchev–Trinajstić information content (AvgIpc) is 2.59. The molecule has 23 heavy (non-hydrogen) atoms. The molecule has 0 spiro atoms. The number of benzene rings is 1. The third-order valence-electron chi connectivity index (χ3n) is 4.12. The highest BCUT2D eigenvalue weighted by molar-refractivity contribution is 5.93. The Morgan fingerprint density at radius 3 is 2.87 bits per heavy atom. The van der Waals surface area contributed by atoms with Crippen LogP contribution in [-0.2, 0) is 6.42 Å². The van der Waals surface area contributed by atoms with Gasteiger partial charge in [0.25, 0.3) is 5.91 Å². The van der Waals surface area contributed by atoms with E-state index in [1.807, 2.05) is 6.07 Å². The number of nitrogens with zero attached hydrogens (tertiary/aromatic N) is 2. The zero-order chi connectivity index (χ0) is 16.2. The first-order valence-electron chi connectivity index (χ1n) is 7.88. The van der Waals surface area contributed by atoms with Crippen molar-refractivity contribution in [1.82, 2.24) is 15.2 Å². The summed E-state index contributed by atoms with van der Waals surface area (Å²) in [6.07, 6.45) is 2.69. The minimum atomic E-state index is -0.0353. The summed E-state index contributed by atoms with van der Waals surface area (Å²) >= 11 is 0. The standard InChI is InChI=1S/C18H22N4O/c1-22(2)18(23)14-7-8-17(20-11-14)21-12-16-15-6-4-3-5-13(15)9-10-19-16/h3-8,11,16,19H,9-10,12H2,1-2H3,(H,20,21). The second-order valence-electron chi connectivity index (χ2n) is 5.97. The second-order valence-corrected chi connectivity index (χ2v) is 5.97. The average molecular weight is 310 g/mol. The van der Waals surface area contributed by atoms with Crippen LogP contribution in [0.4, 0.5) is 5.82 Å². The van der Waals surface area contributed by atoms with Crippen molar-refractivity contribution in [1.29, 1.82) is 0 Å². The molecule has 0 bridgehead atoms. The van der Waals surface area contributed by atoms with Gasteiger partial charge in [0.1, 0.15) is 5.82 Å². The molecule has 1 aromatic carbocycles. The van der Waals surface area contributed by atoms with Gasteiger partial charge in [0, 0.05) is 32.9 Å². The molecule has 5 nitrogen and oxygen atoms in total. The van der Waals surface area contributed by atoms with E-state index in [1.54, 1.807) is 31.3 Å². The lowest BCUT2D eigenvalue weighted by atomic mass is 9.94. The summed E-state index contributed by atoms with van der Waals surface area (Å²) in [5, 5.41) is 6.89. The normalized spacial score (nSPS) is 16.5. The highest BCUT2D eigenvalue weighted by Crippen LogP contribution is 2.22. The Bertz CT molecular complexity index is 682. The van der Waals surface area contributed by atoms with Crippen LogP contribution in [-0.4, -0.2) is 43.0 Å². The molecule has 1 aliphatic rings. The number of amides is 1. The van der Waals surface area contributed by atoms with Crippen LogP contribution < -0.4 is 10.6 Å². The number of rotatable bonds is 4. The van der Waals surface area contributed by atoms with Gasteiger partial charge in [-0.3, -0.25) is 4.79 Å². The van der Waals surface area contributed by atoms with E-state index >= 15 is 0 Å². The summed E-state index contributed by atoms with van der Waals surface area (Å²) in [5.74, 6) is 0.747. The first kappa shape index (κ1) is 15.5. The van der Waals surface area contributed by atoms with Gasteiger partial charge in [0.2, 0.25) is 0 Å². The largest absolute Gasteiger partial charge is 0.368 e. The molecule has 3 rings (SSSR count). The van der Waals surface area contributed by atoms with Crippen LogP contribution in [0.2, 0.25) is 0 Å². The van der Waals surface area contributed by atoms with Crippen LogP contribution in [0.15, 0.2) is 42.6 Å². The Morgan fingerprint density at radius 1 is 1.30 bits per heavy atom. The van der Waals surface area contributed by atoms with Crippen molar-refractivity contribution in [2.24, 2.45) is 0 Å². The minimum absolute atomic E-state index is 0.0353. The van der Waals surface area contributed by atoms with Crippen LogP contribution in [0.3, 0.4) is 0 Å². The fourth-order valence-corrected chi connectivity index (χ4v) is 2.86. The van der Waals surface area contributed by atoms with Gasteiger partial charge < -0.3 is 15.5 Å². The number of carbonyl (C=O) groups excluding carboxylic acids is 1.